The largest absolute Gasteiger partial charge is 0.508 e. The number of hydrogen-bond donors (Lipinski definition) is 2. The summed E-state index contributed by atoms with van der Waals surface area (Å²) in [6, 6.07) is 12.6. The zero-order chi connectivity index (χ0) is 12.3. The van der Waals surface area contributed by atoms with E-state index in [0.717, 1.165) is 16.9 Å². The fraction of sp³-hybridized carbons (Fsp3) is 0.143. The maximum absolute atomic E-state index is 9.33. The van der Waals surface area contributed by atoms with Crippen LogP contribution < -0.4 is 10.5 Å². The lowest BCUT2D eigenvalue weighted by Crippen LogP contribution is -1.97. The molecule has 3 N–H and O–H groups in total. The number of nitrogens with two attached hydrogens (primary N) is 1. The number of phenols is 1. The molecular formula is C14H15NO2. The minimum absolute atomic E-state index is 0.246. The van der Waals surface area contributed by atoms with Crippen molar-refractivity contribution in [1.29, 1.82) is 0 Å². The summed E-state index contributed by atoms with van der Waals surface area (Å²) in [5.41, 5.74) is 8.35. The maximum Gasteiger partial charge on any atom is 0.124 e. The van der Waals surface area contributed by atoms with Gasteiger partial charge in [0.25, 0.3) is 0 Å². The lowest BCUT2D eigenvalue weighted by molar-refractivity contribution is 0.303. The Balaban J connectivity index is 2.09. The van der Waals surface area contributed by atoms with E-state index in [1.54, 1.807) is 24.3 Å². The number of aromatic hydroxyl groups is 1. The van der Waals surface area contributed by atoms with Crippen LogP contribution in [0.4, 0.5) is 5.69 Å². The fourth-order valence-corrected chi connectivity index (χ4v) is 1.58. The standard InChI is InChI=1S/C14H15NO2/c1-10-5-6-12(15)8-14(10)17-9-11-3-2-4-13(16)7-11/h2-8,16H,9,15H2,1H3. The third kappa shape index (κ3) is 2.91. The van der Waals surface area contributed by atoms with E-state index in [9.17, 15) is 5.11 Å². The molecule has 0 aliphatic carbocycles. The van der Waals surface area contributed by atoms with Gasteiger partial charge in [-0.15, -0.1) is 0 Å². The Hall–Kier alpha value is -2.16. The van der Waals surface area contributed by atoms with Crippen LogP contribution >= 0.6 is 0 Å². The van der Waals surface area contributed by atoms with Crippen molar-refractivity contribution in [3.8, 4) is 11.5 Å². The average Bonchev–Trinajstić information content (AvgIpc) is 2.30. The number of rotatable bonds is 3. The van der Waals surface area contributed by atoms with E-state index in [0.29, 0.717) is 12.3 Å². The number of benzene rings is 2. The van der Waals surface area contributed by atoms with E-state index in [2.05, 4.69) is 0 Å². The van der Waals surface area contributed by atoms with Gasteiger partial charge in [-0.1, -0.05) is 18.2 Å². The Morgan fingerprint density at radius 3 is 2.76 bits per heavy atom. The lowest BCUT2D eigenvalue weighted by Gasteiger charge is -2.10. The SMILES string of the molecule is Cc1ccc(N)cc1OCc1cccc(O)c1. The van der Waals surface area contributed by atoms with Crippen LogP contribution in [0.2, 0.25) is 0 Å². The maximum atomic E-state index is 9.33. The summed E-state index contributed by atoms with van der Waals surface area (Å²) in [5.74, 6) is 1.02. The summed E-state index contributed by atoms with van der Waals surface area (Å²) in [6.45, 7) is 2.38. The molecule has 2 aromatic rings. The predicted molar refractivity (Wildman–Crippen MR) is 68.0 cm³/mol. The molecule has 0 heterocycles. The van der Waals surface area contributed by atoms with Gasteiger partial charge in [-0.2, -0.15) is 0 Å². The summed E-state index contributed by atoms with van der Waals surface area (Å²) in [6.07, 6.45) is 0. The van der Waals surface area contributed by atoms with Crippen molar-refractivity contribution in [1.82, 2.24) is 0 Å². The first-order valence-corrected chi connectivity index (χ1v) is 5.42. The first-order valence-electron chi connectivity index (χ1n) is 5.42. The molecule has 88 valence electrons. The van der Waals surface area contributed by atoms with Gasteiger partial charge in [0, 0.05) is 11.8 Å². The first kappa shape index (κ1) is 11.3. The van der Waals surface area contributed by atoms with Gasteiger partial charge in [0.1, 0.15) is 18.1 Å². The molecular weight excluding hydrogens is 214 g/mol. The molecule has 0 saturated heterocycles. The van der Waals surface area contributed by atoms with Gasteiger partial charge in [0.2, 0.25) is 0 Å². The molecule has 0 bridgehead atoms. The van der Waals surface area contributed by atoms with E-state index in [-0.39, 0.29) is 5.75 Å². The summed E-state index contributed by atoms with van der Waals surface area (Å²) >= 11 is 0. The van der Waals surface area contributed by atoms with Gasteiger partial charge >= 0.3 is 0 Å². The quantitative estimate of drug-likeness (QED) is 0.796. The second-order valence-electron chi connectivity index (χ2n) is 3.98. The second-order valence-corrected chi connectivity index (χ2v) is 3.98. The van der Waals surface area contributed by atoms with Gasteiger partial charge in [-0.3, -0.25) is 0 Å². The summed E-state index contributed by atoms with van der Waals surface area (Å²) in [7, 11) is 0. The summed E-state index contributed by atoms with van der Waals surface area (Å²) in [5, 5.41) is 9.33. The minimum atomic E-state index is 0.246. The van der Waals surface area contributed by atoms with Crippen molar-refractivity contribution >= 4 is 5.69 Å². The van der Waals surface area contributed by atoms with Crippen molar-refractivity contribution in [2.24, 2.45) is 0 Å². The Labute approximate surface area is 100 Å². The topological polar surface area (TPSA) is 55.5 Å². The summed E-state index contributed by atoms with van der Waals surface area (Å²) < 4.78 is 5.67. The molecule has 0 atom stereocenters. The molecule has 0 saturated carbocycles. The Kier molecular flexibility index (Phi) is 3.19. The Morgan fingerprint density at radius 2 is 2.00 bits per heavy atom. The van der Waals surface area contributed by atoms with Gasteiger partial charge in [-0.25, -0.2) is 0 Å². The summed E-state index contributed by atoms with van der Waals surface area (Å²) in [4.78, 5) is 0. The number of hydrogen-bond acceptors (Lipinski definition) is 3. The van der Waals surface area contributed by atoms with Crippen molar-refractivity contribution in [3.63, 3.8) is 0 Å². The van der Waals surface area contributed by atoms with Crippen LogP contribution in [0.3, 0.4) is 0 Å². The van der Waals surface area contributed by atoms with Gasteiger partial charge in [0.05, 0.1) is 0 Å². The van der Waals surface area contributed by atoms with Gasteiger partial charge in [-0.05, 0) is 36.2 Å². The monoisotopic (exact) mass is 229 g/mol. The normalized spacial score (nSPS) is 10.2. The van der Waals surface area contributed by atoms with E-state index in [1.807, 2.05) is 25.1 Å². The molecule has 0 amide bonds. The zero-order valence-corrected chi connectivity index (χ0v) is 9.68. The van der Waals surface area contributed by atoms with Gasteiger partial charge < -0.3 is 15.6 Å². The van der Waals surface area contributed by atoms with Crippen LogP contribution in [0.15, 0.2) is 42.5 Å². The van der Waals surface area contributed by atoms with Crippen LogP contribution in [-0.2, 0) is 6.61 Å². The van der Waals surface area contributed by atoms with E-state index < -0.39 is 0 Å². The molecule has 0 unspecified atom stereocenters. The van der Waals surface area contributed by atoms with Crippen molar-refractivity contribution in [2.45, 2.75) is 13.5 Å². The first-order chi connectivity index (χ1) is 8.15. The lowest BCUT2D eigenvalue weighted by atomic mass is 10.2. The Morgan fingerprint density at radius 1 is 1.18 bits per heavy atom. The van der Waals surface area contributed by atoms with Gasteiger partial charge in [0.15, 0.2) is 0 Å². The van der Waals surface area contributed by atoms with Crippen molar-refractivity contribution < 1.29 is 9.84 Å². The Bertz CT molecular complexity index is 523. The van der Waals surface area contributed by atoms with Crippen LogP contribution in [0, 0.1) is 6.92 Å². The molecule has 0 fully saturated rings. The van der Waals surface area contributed by atoms with Crippen molar-refractivity contribution in [2.75, 3.05) is 5.73 Å². The minimum Gasteiger partial charge on any atom is -0.508 e. The highest BCUT2D eigenvalue weighted by Gasteiger charge is 2.01. The molecule has 0 aliphatic heterocycles. The molecule has 0 radical (unpaired) electrons. The second kappa shape index (κ2) is 4.78. The number of anilines is 1. The number of ether oxygens (including phenoxy) is 1. The molecule has 2 rings (SSSR count). The number of aryl methyl sites for hydroxylation is 1. The molecule has 0 aromatic heterocycles. The fourth-order valence-electron chi connectivity index (χ4n) is 1.58. The number of phenolic OH excluding ortho intramolecular Hbond substituents is 1. The highest BCUT2D eigenvalue weighted by Crippen LogP contribution is 2.22. The van der Waals surface area contributed by atoms with Crippen LogP contribution in [0.25, 0.3) is 0 Å². The highest BCUT2D eigenvalue weighted by molar-refractivity contribution is 5.48. The molecule has 2 aromatic carbocycles. The number of nitrogen functional groups attached to an aromatic ring is 1. The smallest absolute Gasteiger partial charge is 0.124 e. The van der Waals surface area contributed by atoms with Crippen LogP contribution in [-0.4, -0.2) is 5.11 Å². The average molecular weight is 229 g/mol. The van der Waals surface area contributed by atoms with E-state index in [1.165, 1.54) is 0 Å². The molecule has 3 heteroatoms. The van der Waals surface area contributed by atoms with Crippen LogP contribution in [0.1, 0.15) is 11.1 Å². The van der Waals surface area contributed by atoms with Crippen LogP contribution in [0.5, 0.6) is 11.5 Å². The molecule has 0 aliphatic rings. The van der Waals surface area contributed by atoms with E-state index >= 15 is 0 Å². The molecule has 17 heavy (non-hydrogen) atoms. The third-order valence-electron chi connectivity index (χ3n) is 2.52. The molecule has 3 nitrogen and oxygen atoms in total. The third-order valence-corrected chi connectivity index (χ3v) is 2.52. The molecule has 0 spiro atoms. The van der Waals surface area contributed by atoms with E-state index in [4.69, 9.17) is 10.5 Å². The predicted octanol–water partition coefficient (Wildman–Crippen LogP) is 2.86. The highest BCUT2D eigenvalue weighted by atomic mass is 16.5. The van der Waals surface area contributed by atoms with Crippen molar-refractivity contribution in [3.05, 3.63) is 53.6 Å². The zero-order valence-electron chi connectivity index (χ0n) is 9.68.